The van der Waals surface area contributed by atoms with Gasteiger partial charge in [-0.05, 0) is 24.3 Å². The first-order chi connectivity index (χ1) is 13.8. The van der Waals surface area contributed by atoms with Crippen LogP contribution < -0.4 is 0 Å². The average Bonchev–Trinajstić information content (AvgIpc) is 3.35. The fourth-order valence-electron chi connectivity index (χ4n) is 3.77. The second-order valence-corrected chi connectivity index (χ2v) is 7.06. The summed E-state index contributed by atoms with van der Waals surface area (Å²) in [6, 6.07) is 12.3. The number of pyridine rings is 1. The first-order valence-corrected chi connectivity index (χ1v) is 9.47. The van der Waals surface area contributed by atoms with Crippen molar-refractivity contribution in [3.63, 3.8) is 0 Å². The number of nitrogens with one attached hydrogen (secondary N) is 1. The molecule has 0 saturated carbocycles. The van der Waals surface area contributed by atoms with Gasteiger partial charge in [0.1, 0.15) is 11.6 Å². The van der Waals surface area contributed by atoms with Crippen molar-refractivity contribution in [2.75, 3.05) is 19.8 Å². The predicted octanol–water partition coefficient (Wildman–Crippen LogP) is 2.93. The fourth-order valence-corrected chi connectivity index (χ4v) is 3.77. The second-order valence-electron chi connectivity index (χ2n) is 7.06. The molecule has 1 saturated heterocycles. The highest BCUT2D eigenvalue weighted by atomic mass is 16.5. The van der Waals surface area contributed by atoms with E-state index >= 15 is 0 Å². The number of rotatable bonds is 4. The largest absolute Gasteiger partial charge is 0.378 e. The Morgan fingerprint density at radius 2 is 2.11 bits per heavy atom. The van der Waals surface area contributed by atoms with Gasteiger partial charge in [-0.15, -0.1) is 0 Å². The summed E-state index contributed by atoms with van der Waals surface area (Å²) < 4.78 is 7.94. The van der Waals surface area contributed by atoms with Gasteiger partial charge in [0.15, 0.2) is 0 Å². The van der Waals surface area contributed by atoms with Crippen LogP contribution in [0.1, 0.15) is 17.7 Å². The second kappa shape index (κ2) is 7.18. The standard InChI is InChI=1S/C21H22N6O/c1-26-18-7-3-2-6-16(18)24-20(26)13-27-9-10-28-14-19(27)21-23-12-17(25-21)15-5-4-8-22-11-15/h2-8,11-12,19H,9-10,13-14H2,1H3,(H,23,25). The van der Waals surface area contributed by atoms with Crippen molar-refractivity contribution in [2.24, 2.45) is 7.05 Å². The lowest BCUT2D eigenvalue weighted by Gasteiger charge is -2.34. The molecule has 3 aromatic heterocycles. The van der Waals surface area contributed by atoms with Gasteiger partial charge in [-0.25, -0.2) is 9.97 Å². The van der Waals surface area contributed by atoms with E-state index in [4.69, 9.17) is 9.72 Å². The molecule has 1 aromatic carbocycles. The lowest BCUT2D eigenvalue weighted by Crippen LogP contribution is -2.40. The SMILES string of the molecule is Cn1c(CN2CCOCC2c2ncc(-c3cccnc3)[nH]2)nc2ccccc21. The summed E-state index contributed by atoms with van der Waals surface area (Å²) in [6.45, 7) is 2.93. The minimum absolute atomic E-state index is 0.0685. The zero-order chi connectivity index (χ0) is 18.9. The summed E-state index contributed by atoms with van der Waals surface area (Å²) in [7, 11) is 2.08. The number of morpholine rings is 1. The third-order valence-corrected chi connectivity index (χ3v) is 5.35. The minimum atomic E-state index is 0.0685. The number of aromatic nitrogens is 5. The molecule has 1 unspecified atom stereocenters. The molecule has 0 radical (unpaired) electrons. The van der Waals surface area contributed by atoms with Gasteiger partial charge >= 0.3 is 0 Å². The van der Waals surface area contributed by atoms with Crippen LogP contribution in [0.3, 0.4) is 0 Å². The van der Waals surface area contributed by atoms with Gasteiger partial charge in [0, 0.05) is 31.5 Å². The van der Waals surface area contributed by atoms with Crippen molar-refractivity contribution in [3.05, 3.63) is 66.6 Å². The van der Waals surface area contributed by atoms with E-state index in [9.17, 15) is 0 Å². The monoisotopic (exact) mass is 374 g/mol. The zero-order valence-electron chi connectivity index (χ0n) is 15.7. The van der Waals surface area contributed by atoms with E-state index in [1.807, 2.05) is 36.7 Å². The van der Waals surface area contributed by atoms with Gasteiger partial charge in [0.25, 0.3) is 0 Å². The average molecular weight is 374 g/mol. The van der Waals surface area contributed by atoms with E-state index in [-0.39, 0.29) is 6.04 Å². The molecule has 28 heavy (non-hydrogen) atoms. The zero-order valence-corrected chi connectivity index (χ0v) is 15.7. The number of aromatic amines is 1. The number of ether oxygens (including phenoxy) is 1. The van der Waals surface area contributed by atoms with E-state index < -0.39 is 0 Å². The number of aryl methyl sites for hydroxylation is 1. The number of nitrogens with zero attached hydrogens (tertiary/aromatic N) is 5. The van der Waals surface area contributed by atoms with Gasteiger partial charge < -0.3 is 14.3 Å². The van der Waals surface area contributed by atoms with Crippen molar-refractivity contribution >= 4 is 11.0 Å². The number of imidazole rings is 2. The maximum atomic E-state index is 5.77. The Balaban J connectivity index is 1.42. The van der Waals surface area contributed by atoms with Crippen molar-refractivity contribution in [1.29, 1.82) is 0 Å². The highest BCUT2D eigenvalue weighted by molar-refractivity contribution is 5.75. The molecular weight excluding hydrogens is 352 g/mol. The van der Waals surface area contributed by atoms with Crippen LogP contribution in [0.4, 0.5) is 0 Å². The summed E-state index contributed by atoms with van der Waals surface area (Å²) in [5.74, 6) is 1.96. The van der Waals surface area contributed by atoms with Crippen molar-refractivity contribution in [2.45, 2.75) is 12.6 Å². The van der Waals surface area contributed by atoms with E-state index in [1.54, 1.807) is 6.20 Å². The molecular formula is C21H22N6O. The summed E-state index contributed by atoms with van der Waals surface area (Å²) in [5, 5.41) is 0. The summed E-state index contributed by atoms with van der Waals surface area (Å²) in [4.78, 5) is 19.5. The first kappa shape index (κ1) is 17.1. The Kier molecular flexibility index (Phi) is 4.38. The van der Waals surface area contributed by atoms with Crippen LogP contribution in [-0.2, 0) is 18.3 Å². The molecule has 1 atom stereocenters. The highest BCUT2D eigenvalue weighted by Gasteiger charge is 2.28. The maximum absolute atomic E-state index is 5.77. The van der Waals surface area contributed by atoms with Crippen LogP contribution in [0, 0.1) is 0 Å². The molecule has 4 heterocycles. The molecule has 142 valence electrons. The Bertz CT molecular complexity index is 1090. The Morgan fingerprint density at radius 3 is 2.96 bits per heavy atom. The smallest absolute Gasteiger partial charge is 0.126 e. The van der Waals surface area contributed by atoms with Crippen LogP contribution in [0.25, 0.3) is 22.3 Å². The van der Waals surface area contributed by atoms with Gasteiger partial charge in [0.05, 0.1) is 48.7 Å². The summed E-state index contributed by atoms with van der Waals surface area (Å²) >= 11 is 0. The summed E-state index contributed by atoms with van der Waals surface area (Å²) in [5.41, 5.74) is 4.18. The number of hydrogen-bond donors (Lipinski definition) is 1. The van der Waals surface area contributed by atoms with E-state index in [1.165, 1.54) is 0 Å². The number of hydrogen-bond acceptors (Lipinski definition) is 5. The molecule has 7 heteroatoms. The molecule has 1 fully saturated rings. The van der Waals surface area contributed by atoms with Crippen LogP contribution in [-0.4, -0.2) is 49.2 Å². The van der Waals surface area contributed by atoms with E-state index in [0.717, 1.165) is 53.6 Å². The Hall–Kier alpha value is -3.03. The van der Waals surface area contributed by atoms with Gasteiger partial charge in [-0.3, -0.25) is 9.88 Å². The topological polar surface area (TPSA) is 71.9 Å². The quantitative estimate of drug-likeness (QED) is 0.595. The number of H-pyrrole nitrogens is 1. The molecule has 0 bridgehead atoms. The first-order valence-electron chi connectivity index (χ1n) is 9.47. The third-order valence-electron chi connectivity index (χ3n) is 5.35. The lowest BCUT2D eigenvalue weighted by atomic mass is 10.2. The van der Waals surface area contributed by atoms with Crippen LogP contribution in [0.2, 0.25) is 0 Å². The molecule has 0 aliphatic carbocycles. The van der Waals surface area contributed by atoms with Gasteiger partial charge in [0.2, 0.25) is 0 Å². The summed E-state index contributed by atoms with van der Waals surface area (Å²) in [6.07, 6.45) is 5.48. The molecule has 0 spiro atoms. The molecule has 0 amide bonds. The number of fused-ring (bicyclic) bond motifs is 1. The maximum Gasteiger partial charge on any atom is 0.126 e. The predicted molar refractivity (Wildman–Crippen MR) is 107 cm³/mol. The lowest BCUT2D eigenvalue weighted by molar-refractivity contribution is -0.0170. The number of benzene rings is 1. The van der Waals surface area contributed by atoms with Gasteiger partial charge in [-0.1, -0.05) is 12.1 Å². The fraction of sp³-hybridized carbons (Fsp3) is 0.286. The van der Waals surface area contributed by atoms with Gasteiger partial charge in [-0.2, -0.15) is 0 Å². The van der Waals surface area contributed by atoms with Crippen LogP contribution >= 0.6 is 0 Å². The normalized spacial score (nSPS) is 18.0. The van der Waals surface area contributed by atoms with Crippen molar-refractivity contribution < 1.29 is 4.74 Å². The van der Waals surface area contributed by atoms with E-state index in [2.05, 4.69) is 43.6 Å². The van der Waals surface area contributed by atoms with Crippen LogP contribution in [0.5, 0.6) is 0 Å². The molecule has 1 aliphatic rings. The van der Waals surface area contributed by atoms with Crippen LogP contribution in [0.15, 0.2) is 55.0 Å². The minimum Gasteiger partial charge on any atom is -0.378 e. The molecule has 7 nitrogen and oxygen atoms in total. The third kappa shape index (κ3) is 3.08. The van der Waals surface area contributed by atoms with E-state index in [0.29, 0.717) is 6.61 Å². The molecule has 4 aromatic rings. The van der Waals surface area contributed by atoms with Crippen molar-refractivity contribution in [1.82, 2.24) is 29.4 Å². The number of para-hydroxylation sites is 2. The molecule has 5 rings (SSSR count). The Labute approximate surface area is 163 Å². The molecule has 1 N–H and O–H groups in total. The Morgan fingerprint density at radius 1 is 1.18 bits per heavy atom. The highest BCUT2D eigenvalue weighted by Crippen LogP contribution is 2.27. The van der Waals surface area contributed by atoms with Crippen molar-refractivity contribution in [3.8, 4) is 11.3 Å². The molecule has 1 aliphatic heterocycles.